The molecule has 0 heterocycles. The summed E-state index contributed by atoms with van der Waals surface area (Å²) >= 11 is 0. The largest absolute Gasteiger partial charge is 0.325 e. The molecule has 1 N–H and O–H groups in total. The van der Waals surface area contributed by atoms with Crippen LogP contribution < -0.4 is 5.32 Å². The average molecular weight is 349 g/mol. The number of carbonyl (C=O) groups excluding carboxylic acids is 1. The van der Waals surface area contributed by atoms with Crippen molar-refractivity contribution in [2.45, 2.75) is 31.8 Å². The number of nitrogens with one attached hydrogen (secondary N) is 1. The molecular formula is C18H20FNO3S. The predicted octanol–water partition coefficient (Wildman–Crippen LogP) is 3.38. The van der Waals surface area contributed by atoms with E-state index in [2.05, 4.69) is 5.32 Å². The zero-order valence-electron chi connectivity index (χ0n) is 13.8. The molecule has 0 saturated carbocycles. The minimum atomic E-state index is -3.68. The maximum atomic E-state index is 13.3. The quantitative estimate of drug-likeness (QED) is 0.900. The van der Waals surface area contributed by atoms with Gasteiger partial charge < -0.3 is 5.32 Å². The summed E-state index contributed by atoms with van der Waals surface area (Å²) in [6.07, 6.45) is 0. The smallest absolute Gasteiger partial charge is 0.242 e. The first-order valence-electron chi connectivity index (χ1n) is 7.54. The summed E-state index contributed by atoms with van der Waals surface area (Å²) in [4.78, 5) is 12.3. The third-order valence-corrected chi connectivity index (χ3v) is 5.99. The highest BCUT2D eigenvalue weighted by Crippen LogP contribution is 2.19. The molecule has 0 aromatic heterocycles. The Bertz CT molecular complexity index is 862. The average Bonchev–Trinajstić information content (AvgIpc) is 2.52. The molecule has 0 aliphatic rings. The van der Waals surface area contributed by atoms with Gasteiger partial charge in [0.15, 0.2) is 9.84 Å². The van der Waals surface area contributed by atoms with E-state index >= 15 is 0 Å². The molecule has 2 aromatic rings. The molecule has 1 unspecified atom stereocenters. The lowest BCUT2D eigenvalue weighted by molar-refractivity contribution is -0.115. The molecule has 24 heavy (non-hydrogen) atoms. The zero-order chi connectivity index (χ0) is 17.9. The Kier molecular flexibility index (Phi) is 5.39. The van der Waals surface area contributed by atoms with Crippen LogP contribution in [0, 0.1) is 19.7 Å². The fourth-order valence-electron chi connectivity index (χ4n) is 2.24. The number of amides is 1. The number of carbonyl (C=O) groups is 1. The first kappa shape index (κ1) is 18.1. The van der Waals surface area contributed by atoms with Gasteiger partial charge in [-0.3, -0.25) is 4.79 Å². The topological polar surface area (TPSA) is 63.2 Å². The van der Waals surface area contributed by atoms with Gasteiger partial charge in [-0.1, -0.05) is 30.3 Å². The normalized spacial score (nSPS) is 12.7. The molecule has 1 atom stereocenters. The van der Waals surface area contributed by atoms with Gasteiger partial charge in [-0.25, -0.2) is 12.8 Å². The van der Waals surface area contributed by atoms with Crippen LogP contribution in [0.1, 0.15) is 23.6 Å². The molecule has 128 valence electrons. The summed E-state index contributed by atoms with van der Waals surface area (Å²) in [6, 6.07) is 11.1. The van der Waals surface area contributed by atoms with Crippen molar-refractivity contribution >= 4 is 21.4 Å². The summed E-state index contributed by atoms with van der Waals surface area (Å²) in [5.74, 6) is -1.38. The van der Waals surface area contributed by atoms with E-state index in [1.54, 1.807) is 19.1 Å². The monoisotopic (exact) mass is 349 g/mol. The standard InChI is InChI=1S/C18H20FNO3S/c1-12-6-4-5-7-15(12)11-24(22,23)14(3)18(21)20-17-10-16(19)9-8-13(17)2/h4-10,14H,11H2,1-3H3,(H,20,21). The number of rotatable bonds is 5. The zero-order valence-corrected chi connectivity index (χ0v) is 14.7. The molecule has 4 nitrogen and oxygen atoms in total. The minimum absolute atomic E-state index is 0.212. The Morgan fingerprint density at radius 3 is 2.46 bits per heavy atom. The Hall–Kier alpha value is -2.21. The molecule has 0 fully saturated rings. The van der Waals surface area contributed by atoms with Gasteiger partial charge >= 0.3 is 0 Å². The van der Waals surface area contributed by atoms with Crippen molar-refractivity contribution in [2.24, 2.45) is 0 Å². The van der Waals surface area contributed by atoms with Crippen LogP contribution >= 0.6 is 0 Å². The van der Waals surface area contributed by atoms with Gasteiger partial charge in [-0.15, -0.1) is 0 Å². The van der Waals surface area contributed by atoms with Gasteiger partial charge in [0.1, 0.15) is 11.1 Å². The fourth-order valence-corrected chi connectivity index (χ4v) is 3.63. The second kappa shape index (κ2) is 7.13. The second-order valence-electron chi connectivity index (χ2n) is 5.82. The number of halogens is 1. The van der Waals surface area contributed by atoms with Gasteiger partial charge in [0.05, 0.1) is 5.75 Å². The number of sulfone groups is 1. The summed E-state index contributed by atoms with van der Waals surface area (Å²) in [5.41, 5.74) is 2.46. The van der Waals surface area contributed by atoms with Crippen LogP contribution in [0.2, 0.25) is 0 Å². The van der Waals surface area contributed by atoms with Gasteiger partial charge in [0, 0.05) is 5.69 Å². The highest BCUT2D eigenvalue weighted by molar-refractivity contribution is 7.92. The van der Waals surface area contributed by atoms with Crippen molar-refractivity contribution in [3.8, 4) is 0 Å². The van der Waals surface area contributed by atoms with Crippen molar-refractivity contribution in [2.75, 3.05) is 5.32 Å². The summed E-state index contributed by atoms with van der Waals surface area (Å²) in [7, 11) is -3.68. The van der Waals surface area contributed by atoms with E-state index in [-0.39, 0.29) is 11.4 Å². The molecule has 0 radical (unpaired) electrons. The molecule has 0 bridgehead atoms. The SMILES string of the molecule is Cc1ccccc1CS(=O)(=O)C(C)C(=O)Nc1cc(F)ccc1C. The highest BCUT2D eigenvalue weighted by atomic mass is 32.2. The third kappa shape index (κ3) is 4.20. The van der Waals surface area contributed by atoms with Crippen molar-refractivity contribution in [3.05, 3.63) is 65.0 Å². The number of hydrogen-bond donors (Lipinski definition) is 1. The predicted molar refractivity (Wildman–Crippen MR) is 93.0 cm³/mol. The first-order valence-corrected chi connectivity index (χ1v) is 9.25. The molecular weight excluding hydrogens is 329 g/mol. The highest BCUT2D eigenvalue weighted by Gasteiger charge is 2.29. The minimum Gasteiger partial charge on any atom is -0.325 e. The van der Waals surface area contributed by atoms with Crippen LogP contribution in [-0.2, 0) is 20.4 Å². The molecule has 2 rings (SSSR count). The molecule has 0 aliphatic heterocycles. The lowest BCUT2D eigenvalue weighted by atomic mass is 10.1. The molecule has 0 aliphatic carbocycles. The number of aryl methyl sites for hydroxylation is 2. The Labute approximate surface area is 141 Å². The second-order valence-corrected chi connectivity index (χ2v) is 8.15. The lowest BCUT2D eigenvalue weighted by Gasteiger charge is -2.15. The van der Waals surface area contributed by atoms with Crippen molar-refractivity contribution < 1.29 is 17.6 Å². The number of hydrogen-bond acceptors (Lipinski definition) is 3. The Morgan fingerprint density at radius 2 is 1.79 bits per heavy atom. The van der Waals surface area contributed by atoms with E-state index in [0.717, 1.165) is 5.56 Å². The van der Waals surface area contributed by atoms with Crippen LogP contribution in [0.5, 0.6) is 0 Å². The lowest BCUT2D eigenvalue weighted by Crippen LogP contribution is -2.33. The Balaban J connectivity index is 2.17. The molecule has 0 spiro atoms. The summed E-state index contributed by atoms with van der Waals surface area (Å²) < 4.78 is 38.3. The maximum absolute atomic E-state index is 13.3. The van der Waals surface area contributed by atoms with Gasteiger partial charge in [-0.05, 0) is 49.6 Å². The summed E-state index contributed by atoms with van der Waals surface area (Å²) in [6.45, 7) is 4.88. The Morgan fingerprint density at radius 1 is 1.12 bits per heavy atom. The molecule has 6 heteroatoms. The van der Waals surface area contributed by atoms with E-state index in [4.69, 9.17) is 0 Å². The molecule has 2 aromatic carbocycles. The van der Waals surface area contributed by atoms with Gasteiger partial charge in [-0.2, -0.15) is 0 Å². The van der Waals surface area contributed by atoms with Gasteiger partial charge in [0.25, 0.3) is 0 Å². The maximum Gasteiger partial charge on any atom is 0.242 e. The molecule has 0 saturated heterocycles. The number of benzene rings is 2. The van der Waals surface area contributed by atoms with Crippen molar-refractivity contribution in [1.82, 2.24) is 0 Å². The number of anilines is 1. The van der Waals surface area contributed by atoms with E-state index in [1.165, 1.54) is 25.1 Å². The van der Waals surface area contributed by atoms with Crippen LogP contribution in [0.3, 0.4) is 0 Å². The van der Waals surface area contributed by atoms with Crippen LogP contribution in [0.4, 0.5) is 10.1 Å². The first-order chi connectivity index (χ1) is 11.2. The van der Waals surface area contributed by atoms with Gasteiger partial charge in [0.2, 0.25) is 5.91 Å². The van der Waals surface area contributed by atoms with E-state index < -0.39 is 26.8 Å². The molecule has 1 amide bonds. The van der Waals surface area contributed by atoms with Crippen LogP contribution in [0.25, 0.3) is 0 Å². The summed E-state index contributed by atoms with van der Waals surface area (Å²) in [5, 5.41) is 1.26. The van der Waals surface area contributed by atoms with E-state index in [1.807, 2.05) is 19.1 Å². The van der Waals surface area contributed by atoms with Crippen LogP contribution in [-0.4, -0.2) is 19.6 Å². The van der Waals surface area contributed by atoms with E-state index in [0.29, 0.717) is 11.1 Å². The van der Waals surface area contributed by atoms with Crippen LogP contribution in [0.15, 0.2) is 42.5 Å². The third-order valence-electron chi connectivity index (χ3n) is 3.98. The van der Waals surface area contributed by atoms with Crippen molar-refractivity contribution in [1.29, 1.82) is 0 Å². The van der Waals surface area contributed by atoms with E-state index in [9.17, 15) is 17.6 Å². The van der Waals surface area contributed by atoms with Crippen molar-refractivity contribution in [3.63, 3.8) is 0 Å². The fraction of sp³-hybridized carbons (Fsp3) is 0.278.